The Labute approximate surface area is 159 Å². The van der Waals surface area contributed by atoms with Gasteiger partial charge >= 0.3 is 0 Å². The Hall–Kier alpha value is -2.94. The molecule has 0 fully saturated rings. The van der Waals surface area contributed by atoms with Crippen LogP contribution in [0.25, 0.3) is 0 Å². The minimum Gasteiger partial charge on any atom is -0.493 e. The van der Waals surface area contributed by atoms with Crippen molar-refractivity contribution in [2.45, 2.75) is 59.9 Å². The standard InChI is InChI=1S/C21H26N4O2/c1-5-6-7-8-11-25-20(26)18(13-22)16(4)19(21(25)27)24-23-17-10-9-14(2)15(3)12-17/h9-10,12,26H,5-8,11H2,1-4H3. The van der Waals surface area contributed by atoms with Crippen molar-refractivity contribution < 1.29 is 5.11 Å². The quantitative estimate of drug-likeness (QED) is 0.529. The van der Waals surface area contributed by atoms with Gasteiger partial charge in [0.2, 0.25) is 5.88 Å². The minimum absolute atomic E-state index is 0.0686. The molecule has 27 heavy (non-hydrogen) atoms. The second-order valence-electron chi connectivity index (χ2n) is 6.77. The van der Waals surface area contributed by atoms with Crippen LogP contribution < -0.4 is 5.56 Å². The van der Waals surface area contributed by atoms with Crippen LogP contribution in [-0.2, 0) is 6.54 Å². The second-order valence-corrected chi connectivity index (χ2v) is 6.77. The van der Waals surface area contributed by atoms with Gasteiger partial charge in [-0.1, -0.05) is 32.3 Å². The summed E-state index contributed by atoms with van der Waals surface area (Å²) in [6, 6.07) is 7.64. The zero-order valence-corrected chi connectivity index (χ0v) is 16.4. The lowest BCUT2D eigenvalue weighted by Gasteiger charge is -2.12. The normalized spacial score (nSPS) is 11.1. The smallest absolute Gasteiger partial charge is 0.281 e. The van der Waals surface area contributed by atoms with Crippen molar-refractivity contribution in [3.05, 3.63) is 50.8 Å². The predicted molar refractivity (Wildman–Crippen MR) is 106 cm³/mol. The number of hydrogen-bond acceptors (Lipinski definition) is 5. The molecule has 142 valence electrons. The van der Waals surface area contributed by atoms with Crippen molar-refractivity contribution in [2.24, 2.45) is 10.2 Å². The van der Waals surface area contributed by atoms with Gasteiger partial charge in [-0.15, -0.1) is 5.11 Å². The van der Waals surface area contributed by atoms with E-state index in [1.54, 1.807) is 6.92 Å². The first kappa shape index (κ1) is 20.4. The summed E-state index contributed by atoms with van der Waals surface area (Å²) in [6.45, 7) is 8.06. The summed E-state index contributed by atoms with van der Waals surface area (Å²) in [6.07, 6.45) is 3.85. The largest absolute Gasteiger partial charge is 0.493 e. The molecule has 2 rings (SSSR count). The number of aromatic nitrogens is 1. The van der Waals surface area contributed by atoms with Crippen LogP contribution in [0.5, 0.6) is 5.88 Å². The van der Waals surface area contributed by atoms with E-state index in [-0.39, 0.29) is 17.1 Å². The number of aryl methyl sites for hydroxylation is 2. The number of nitrogens with zero attached hydrogens (tertiary/aromatic N) is 4. The highest BCUT2D eigenvalue weighted by atomic mass is 16.3. The maximum atomic E-state index is 12.8. The van der Waals surface area contributed by atoms with Crippen molar-refractivity contribution in [3.63, 3.8) is 0 Å². The van der Waals surface area contributed by atoms with Crippen molar-refractivity contribution in [2.75, 3.05) is 0 Å². The first-order valence-corrected chi connectivity index (χ1v) is 9.26. The molecule has 0 radical (unpaired) electrons. The van der Waals surface area contributed by atoms with Crippen LogP contribution >= 0.6 is 0 Å². The third-order valence-corrected chi connectivity index (χ3v) is 4.76. The van der Waals surface area contributed by atoms with E-state index >= 15 is 0 Å². The van der Waals surface area contributed by atoms with E-state index in [9.17, 15) is 15.2 Å². The topological polar surface area (TPSA) is 90.7 Å². The van der Waals surface area contributed by atoms with Crippen molar-refractivity contribution in [1.82, 2.24) is 4.57 Å². The molecule has 0 amide bonds. The third kappa shape index (κ3) is 4.62. The molecule has 0 unspecified atom stereocenters. The van der Waals surface area contributed by atoms with Crippen LogP contribution in [-0.4, -0.2) is 9.67 Å². The number of aromatic hydroxyl groups is 1. The molecule has 0 saturated carbocycles. The molecule has 0 aliphatic carbocycles. The summed E-state index contributed by atoms with van der Waals surface area (Å²) in [4.78, 5) is 12.8. The SMILES string of the molecule is CCCCCCn1c(O)c(C#N)c(C)c(N=Nc2ccc(C)c(C)c2)c1=O. The van der Waals surface area contributed by atoms with Gasteiger partial charge in [0.25, 0.3) is 5.56 Å². The Morgan fingerprint density at radius 1 is 1.11 bits per heavy atom. The highest BCUT2D eigenvalue weighted by Crippen LogP contribution is 2.27. The summed E-state index contributed by atoms with van der Waals surface area (Å²) in [5.41, 5.74) is 2.96. The first-order chi connectivity index (χ1) is 12.9. The van der Waals surface area contributed by atoms with Gasteiger partial charge in [0.1, 0.15) is 11.6 Å². The molecular formula is C21H26N4O2. The number of nitriles is 1. The van der Waals surface area contributed by atoms with Crippen LogP contribution in [0.2, 0.25) is 0 Å². The van der Waals surface area contributed by atoms with Gasteiger partial charge in [-0.2, -0.15) is 10.4 Å². The number of unbranched alkanes of at least 4 members (excludes halogenated alkanes) is 3. The lowest BCUT2D eigenvalue weighted by atomic mass is 10.1. The van der Waals surface area contributed by atoms with E-state index in [0.29, 0.717) is 17.8 Å². The monoisotopic (exact) mass is 366 g/mol. The zero-order valence-electron chi connectivity index (χ0n) is 16.4. The maximum Gasteiger partial charge on any atom is 0.281 e. The van der Waals surface area contributed by atoms with E-state index in [1.165, 1.54) is 4.57 Å². The van der Waals surface area contributed by atoms with Gasteiger partial charge < -0.3 is 5.11 Å². The van der Waals surface area contributed by atoms with E-state index in [0.717, 1.165) is 36.8 Å². The Kier molecular flexibility index (Phi) is 6.89. The molecule has 6 heteroatoms. The van der Waals surface area contributed by atoms with Gasteiger partial charge in [0.05, 0.1) is 5.69 Å². The summed E-state index contributed by atoms with van der Waals surface area (Å²) < 4.78 is 1.23. The molecule has 1 N–H and O–H groups in total. The van der Waals surface area contributed by atoms with Gasteiger partial charge in [-0.05, 0) is 50.5 Å². The minimum atomic E-state index is -0.423. The van der Waals surface area contributed by atoms with Crippen LogP contribution in [0.15, 0.2) is 33.2 Å². The van der Waals surface area contributed by atoms with E-state index in [2.05, 4.69) is 17.2 Å². The summed E-state index contributed by atoms with van der Waals surface area (Å²) in [5, 5.41) is 28.1. The lowest BCUT2D eigenvalue weighted by Crippen LogP contribution is -2.22. The Morgan fingerprint density at radius 2 is 1.85 bits per heavy atom. The predicted octanol–water partition coefficient (Wildman–Crippen LogP) is 5.35. The molecular weight excluding hydrogens is 340 g/mol. The fourth-order valence-electron chi connectivity index (χ4n) is 2.86. The average molecular weight is 366 g/mol. The van der Waals surface area contributed by atoms with E-state index < -0.39 is 5.56 Å². The molecule has 6 nitrogen and oxygen atoms in total. The molecule has 1 aromatic carbocycles. The molecule has 0 saturated heterocycles. The van der Waals surface area contributed by atoms with Crippen molar-refractivity contribution in [1.29, 1.82) is 5.26 Å². The molecule has 0 atom stereocenters. The maximum absolute atomic E-state index is 12.8. The Morgan fingerprint density at radius 3 is 2.48 bits per heavy atom. The number of hydrogen-bond donors (Lipinski definition) is 1. The molecule has 0 bridgehead atoms. The van der Waals surface area contributed by atoms with Gasteiger partial charge in [-0.3, -0.25) is 9.36 Å². The highest BCUT2D eigenvalue weighted by Gasteiger charge is 2.18. The first-order valence-electron chi connectivity index (χ1n) is 9.26. The lowest BCUT2D eigenvalue weighted by molar-refractivity contribution is 0.397. The van der Waals surface area contributed by atoms with Crippen LogP contribution in [0.1, 0.15) is 54.9 Å². The summed E-state index contributed by atoms with van der Waals surface area (Å²) >= 11 is 0. The summed E-state index contributed by atoms with van der Waals surface area (Å²) in [7, 11) is 0. The van der Waals surface area contributed by atoms with Crippen LogP contribution in [0.3, 0.4) is 0 Å². The number of azo groups is 1. The third-order valence-electron chi connectivity index (χ3n) is 4.76. The second kappa shape index (κ2) is 9.13. The number of rotatable bonds is 7. The number of benzene rings is 1. The van der Waals surface area contributed by atoms with Crippen LogP contribution in [0.4, 0.5) is 11.4 Å². The van der Waals surface area contributed by atoms with E-state index in [4.69, 9.17) is 0 Å². The average Bonchev–Trinajstić information content (AvgIpc) is 2.64. The summed E-state index contributed by atoms with van der Waals surface area (Å²) in [5.74, 6) is -0.290. The van der Waals surface area contributed by atoms with Crippen molar-refractivity contribution >= 4 is 11.4 Å². The van der Waals surface area contributed by atoms with Crippen LogP contribution in [0, 0.1) is 32.1 Å². The highest BCUT2D eigenvalue weighted by molar-refractivity contribution is 5.56. The van der Waals surface area contributed by atoms with E-state index in [1.807, 2.05) is 38.1 Å². The fourth-order valence-corrected chi connectivity index (χ4v) is 2.86. The van der Waals surface area contributed by atoms with Gasteiger partial charge in [0, 0.05) is 12.1 Å². The molecule has 1 heterocycles. The Balaban J connectivity index is 2.45. The van der Waals surface area contributed by atoms with Crippen molar-refractivity contribution in [3.8, 4) is 11.9 Å². The van der Waals surface area contributed by atoms with Gasteiger partial charge in [-0.25, -0.2) is 0 Å². The zero-order chi connectivity index (χ0) is 20.0. The van der Waals surface area contributed by atoms with Gasteiger partial charge in [0.15, 0.2) is 5.69 Å². The molecule has 1 aromatic heterocycles. The fraction of sp³-hybridized carbons (Fsp3) is 0.429. The number of pyridine rings is 1. The molecule has 0 aliphatic rings. The molecule has 0 spiro atoms. The molecule has 0 aliphatic heterocycles. The Bertz CT molecular complexity index is 952. The molecule has 2 aromatic rings.